The Kier molecular flexibility index (Phi) is 7.39. The van der Waals surface area contributed by atoms with Gasteiger partial charge in [0.25, 0.3) is 0 Å². The molecule has 1 aromatic rings. The maximum Gasteiger partial charge on any atom is 0.387 e. The highest BCUT2D eigenvalue weighted by Crippen LogP contribution is 2.27. The summed E-state index contributed by atoms with van der Waals surface area (Å²) in [5.41, 5.74) is 0.835. The van der Waals surface area contributed by atoms with Gasteiger partial charge < -0.3 is 15.4 Å². The monoisotopic (exact) mass is 320 g/mol. The van der Waals surface area contributed by atoms with Crippen LogP contribution >= 0.6 is 12.4 Å². The molecule has 1 aliphatic rings. The molecule has 0 radical (unpaired) electrons. The van der Waals surface area contributed by atoms with Crippen LogP contribution in [-0.4, -0.2) is 25.6 Å². The van der Waals surface area contributed by atoms with Crippen LogP contribution in [0.2, 0.25) is 0 Å². The van der Waals surface area contributed by atoms with E-state index in [0.29, 0.717) is 13.1 Å². The van der Waals surface area contributed by atoms with Crippen molar-refractivity contribution in [2.75, 3.05) is 13.1 Å². The van der Waals surface area contributed by atoms with E-state index < -0.39 is 6.61 Å². The van der Waals surface area contributed by atoms with Crippen LogP contribution in [0.25, 0.3) is 0 Å². The molecule has 0 heterocycles. The van der Waals surface area contributed by atoms with Gasteiger partial charge in [0.2, 0.25) is 5.91 Å². The van der Waals surface area contributed by atoms with Crippen LogP contribution in [0.4, 0.5) is 8.78 Å². The van der Waals surface area contributed by atoms with E-state index in [1.54, 1.807) is 12.1 Å². The van der Waals surface area contributed by atoms with E-state index in [1.807, 2.05) is 0 Å². The zero-order valence-electron chi connectivity index (χ0n) is 11.5. The summed E-state index contributed by atoms with van der Waals surface area (Å²) in [5.74, 6) is 0.782. The van der Waals surface area contributed by atoms with E-state index in [-0.39, 0.29) is 24.1 Å². The van der Waals surface area contributed by atoms with Crippen LogP contribution in [0.1, 0.15) is 18.4 Å². The fourth-order valence-corrected chi connectivity index (χ4v) is 1.76. The van der Waals surface area contributed by atoms with Crippen LogP contribution in [0.5, 0.6) is 5.75 Å². The van der Waals surface area contributed by atoms with Crippen LogP contribution < -0.4 is 15.4 Å². The Morgan fingerprint density at radius 2 is 1.95 bits per heavy atom. The molecule has 0 aromatic heterocycles. The molecular weight excluding hydrogens is 302 g/mol. The number of hydrogen-bond donors (Lipinski definition) is 2. The van der Waals surface area contributed by atoms with Gasteiger partial charge in [-0.3, -0.25) is 4.79 Å². The second-order valence-corrected chi connectivity index (χ2v) is 4.87. The molecule has 0 bridgehead atoms. The van der Waals surface area contributed by atoms with Gasteiger partial charge in [-0.25, -0.2) is 0 Å². The Morgan fingerprint density at radius 3 is 2.52 bits per heavy atom. The molecule has 1 saturated carbocycles. The van der Waals surface area contributed by atoms with E-state index in [4.69, 9.17) is 0 Å². The molecule has 2 N–H and O–H groups in total. The summed E-state index contributed by atoms with van der Waals surface area (Å²) in [6.07, 6.45) is 2.50. The first kappa shape index (κ1) is 17.7. The number of rotatable bonds is 8. The Bertz CT molecular complexity index is 439. The standard InChI is InChI=1S/C14H18F2N2O2.ClH/c15-14(16)20-12-5-3-11(4-6-12)8-18-13(19)9-17-7-10-1-2-10;/h3-6,10,14,17H,1-2,7-9H2,(H,18,19);1H. The third-order valence-electron chi connectivity index (χ3n) is 3.05. The average molecular weight is 321 g/mol. The molecule has 1 amide bonds. The fraction of sp³-hybridized carbons (Fsp3) is 0.500. The second kappa shape index (κ2) is 8.79. The lowest BCUT2D eigenvalue weighted by atomic mass is 10.2. The summed E-state index contributed by atoms with van der Waals surface area (Å²) in [7, 11) is 0. The average Bonchev–Trinajstić information content (AvgIpc) is 3.21. The molecule has 0 aliphatic heterocycles. The first-order valence-electron chi connectivity index (χ1n) is 6.64. The first-order chi connectivity index (χ1) is 9.63. The second-order valence-electron chi connectivity index (χ2n) is 4.87. The molecule has 21 heavy (non-hydrogen) atoms. The fourth-order valence-electron chi connectivity index (χ4n) is 1.76. The minimum Gasteiger partial charge on any atom is -0.435 e. The summed E-state index contributed by atoms with van der Waals surface area (Å²) in [6, 6.07) is 6.21. The van der Waals surface area contributed by atoms with Crippen LogP contribution in [0.3, 0.4) is 0 Å². The maximum absolute atomic E-state index is 12.0. The van der Waals surface area contributed by atoms with E-state index in [2.05, 4.69) is 15.4 Å². The number of carbonyl (C=O) groups excluding carboxylic acids is 1. The number of nitrogens with one attached hydrogen (secondary N) is 2. The lowest BCUT2D eigenvalue weighted by Gasteiger charge is -2.08. The van der Waals surface area contributed by atoms with Crippen LogP contribution in [-0.2, 0) is 11.3 Å². The summed E-state index contributed by atoms with van der Waals surface area (Å²) in [5, 5.41) is 5.86. The van der Waals surface area contributed by atoms with Crippen molar-refractivity contribution in [3.05, 3.63) is 29.8 Å². The maximum atomic E-state index is 12.0. The number of benzene rings is 1. The number of alkyl halides is 2. The Morgan fingerprint density at radius 1 is 1.29 bits per heavy atom. The van der Waals surface area contributed by atoms with Gasteiger partial charge in [-0.1, -0.05) is 12.1 Å². The van der Waals surface area contributed by atoms with Crippen molar-refractivity contribution in [1.29, 1.82) is 0 Å². The summed E-state index contributed by atoms with van der Waals surface area (Å²) in [6.45, 7) is -1.24. The van der Waals surface area contributed by atoms with Crippen molar-refractivity contribution >= 4 is 18.3 Å². The highest BCUT2D eigenvalue weighted by Gasteiger charge is 2.20. The minimum absolute atomic E-state index is 0. The van der Waals surface area contributed by atoms with E-state index in [0.717, 1.165) is 18.0 Å². The SMILES string of the molecule is Cl.O=C(CNCC1CC1)NCc1ccc(OC(F)F)cc1. The Labute approximate surface area is 128 Å². The first-order valence-corrected chi connectivity index (χ1v) is 6.64. The lowest BCUT2D eigenvalue weighted by molar-refractivity contribution is -0.120. The van der Waals surface area contributed by atoms with Crippen molar-refractivity contribution in [2.45, 2.75) is 26.0 Å². The highest BCUT2D eigenvalue weighted by atomic mass is 35.5. The van der Waals surface area contributed by atoms with E-state index >= 15 is 0 Å². The quantitative estimate of drug-likeness (QED) is 0.773. The predicted octanol–water partition coefficient (Wildman–Crippen LogP) is 2.33. The third-order valence-corrected chi connectivity index (χ3v) is 3.05. The molecule has 0 spiro atoms. The van der Waals surface area contributed by atoms with Crippen molar-refractivity contribution in [3.63, 3.8) is 0 Å². The zero-order valence-corrected chi connectivity index (χ0v) is 12.3. The normalized spacial score (nSPS) is 13.7. The zero-order chi connectivity index (χ0) is 14.4. The smallest absolute Gasteiger partial charge is 0.387 e. The topological polar surface area (TPSA) is 50.4 Å². The van der Waals surface area contributed by atoms with Crippen LogP contribution in [0, 0.1) is 5.92 Å². The molecule has 118 valence electrons. The van der Waals surface area contributed by atoms with Crippen molar-refractivity contribution in [3.8, 4) is 5.75 Å². The summed E-state index contributed by atoms with van der Waals surface area (Å²) >= 11 is 0. The van der Waals surface area contributed by atoms with Gasteiger partial charge in [-0.05, 0) is 43.0 Å². The number of carbonyl (C=O) groups is 1. The molecular formula is C14H19ClF2N2O2. The van der Waals surface area contributed by atoms with E-state index in [9.17, 15) is 13.6 Å². The van der Waals surface area contributed by atoms with Gasteiger partial charge in [0.05, 0.1) is 6.54 Å². The van der Waals surface area contributed by atoms with Gasteiger partial charge in [0.1, 0.15) is 5.75 Å². The summed E-state index contributed by atoms with van der Waals surface area (Å²) < 4.78 is 28.2. The minimum atomic E-state index is -2.82. The molecule has 1 aliphatic carbocycles. The molecule has 2 rings (SSSR count). The molecule has 0 unspecified atom stereocenters. The largest absolute Gasteiger partial charge is 0.435 e. The number of hydrogen-bond acceptors (Lipinski definition) is 3. The Balaban J connectivity index is 0.00000220. The van der Waals surface area contributed by atoms with Gasteiger partial charge >= 0.3 is 6.61 Å². The number of ether oxygens (including phenoxy) is 1. The van der Waals surface area contributed by atoms with Crippen molar-refractivity contribution in [1.82, 2.24) is 10.6 Å². The molecule has 7 heteroatoms. The van der Waals surface area contributed by atoms with E-state index in [1.165, 1.54) is 25.0 Å². The summed E-state index contributed by atoms with van der Waals surface area (Å²) in [4.78, 5) is 11.5. The van der Waals surface area contributed by atoms with Gasteiger partial charge in [0, 0.05) is 6.54 Å². The van der Waals surface area contributed by atoms with Crippen molar-refractivity contribution < 1.29 is 18.3 Å². The molecule has 0 atom stereocenters. The highest BCUT2D eigenvalue weighted by molar-refractivity contribution is 5.85. The molecule has 0 saturated heterocycles. The van der Waals surface area contributed by atoms with Crippen molar-refractivity contribution in [2.24, 2.45) is 5.92 Å². The lowest BCUT2D eigenvalue weighted by Crippen LogP contribution is -2.34. The molecule has 4 nitrogen and oxygen atoms in total. The molecule has 1 aromatic carbocycles. The van der Waals surface area contributed by atoms with Gasteiger partial charge in [-0.2, -0.15) is 8.78 Å². The van der Waals surface area contributed by atoms with Gasteiger partial charge in [0.15, 0.2) is 0 Å². The Hall–Kier alpha value is -1.40. The van der Waals surface area contributed by atoms with Crippen LogP contribution in [0.15, 0.2) is 24.3 Å². The van der Waals surface area contributed by atoms with Gasteiger partial charge in [-0.15, -0.1) is 12.4 Å². The number of amides is 1. The predicted molar refractivity (Wildman–Crippen MR) is 77.8 cm³/mol. The molecule has 1 fully saturated rings. The number of halogens is 3. The third kappa shape index (κ3) is 7.24.